The number of benzene rings is 3. The molecule has 0 radical (unpaired) electrons. The van der Waals surface area contributed by atoms with Crippen molar-refractivity contribution < 1.29 is 14.3 Å². The number of ether oxygens (including phenoxy) is 1. The molecule has 0 fully saturated rings. The van der Waals surface area contributed by atoms with Crippen LogP contribution in [-0.4, -0.2) is 25.0 Å². The first-order valence-corrected chi connectivity index (χ1v) is 9.55. The number of amides is 2. The average Bonchev–Trinajstić information content (AvgIpc) is 2.75. The molecule has 3 aromatic carbocycles. The zero-order valence-corrected chi connectivity index (χ0v) is 16.2. The highest BCUT2D eigenvalue weighted by Crippen LogP contribution is 2.31. The molecule has 1 aliphatic heterocycles. The minimum Gasteiger partial charge on any atom is -0.482 e. The SMILES string of the molecule is Cc1ccc(C(NC(=O)CN2C(=O)COc3ccccc32)c2ccccc2)cc1. The van der Waals surface area contributed by atoms with Gasteiger partial charge < -0.3 is 10.1 Å². The Balaban J connectivity index is 1.57. The van der Waals surface area contributed by atoms with Crippen molar-refractivity contribution in [1.82, 2.24) is 5.32 Å². The lowest BCUT2D eigenvalue weighted by Crippen LogP contribution is -2.45. The number of nitrogens with one attached hydrogen (secondary N) is 1. The number of anilines is 1. The van der Waals surface area contributed by atoms with Gasteiger partial charge in [0.25, 0.3) is 5.91 Å². The van der Waals surface area contributed by atoms with Crippen LogP contribution in [0.4, 0.5) is 5.69 Å². The van der Waals surface area contributed by atoms with Gasteiger partial charge in [0.2, 0.25) is 5.91 Å². The Morgan fingerprint density at radius 1 is 0.966 bits per heavy atom. The maximum atomic E-state index is 12.9. The first kappa shape index (κ1) is 18.7. The largest absolute Gasteiger partial charge is 0.482 e. The number of fused-ring (bicyclic) bond motifs is 1. The van der Waals surface area contributed by atoms with E-state index in [1.807, 2.05) is 73.7 Å². The molecular weight excluding hydrogens is 364 g/mol. The lowest BCUT2D eigenvalue weighted by atomic mass is 9.98. The van der Waals surface area contributed by atoms with E-state index >= 15 is 0 Å². The van der Waals surface area contributed by atoms with Crippen LogP contribution in [0.5, 0.6) is 5.75 Å². The maximum absolute atomic E-state index is 12.9. The Morgan fingerprint density at radius 3 is 2.38 bits per heavy atom. The van der Waals surface area contributed by atoms with Crippen LogP contribution in [0.2, 0.25) is 0 Å². The van der Waals surface area contributed by atoms with Gasteiger partial charge in [0.15, 0.2) is 6.61 Å². The molecule has 146 valence electrons. The molecule has 2 amide bonds. The number of hydrogen-bond acceptors (Lipinski definition) is 3. The van der Waals surface area contributed by atoms with Crippen LogP contribution in [0, 0.1) is 6.92 Å². The van der Waals surface area contributed by atoms with Crippen molar-refractivity contribution in [2.75, 3.05) is 18.1 Å². The van der Waals surface area contributed by atoms with Gasteiger partial charge in [-0.1, -0.05) is 72.3 Å². The number of para-hydroxylation sites is 2. The second-order valence-corrected chi connectivity index (χ2v) is 7.06. The van der Waals surface area contributed by atoms with Gasteiger partial charge in [-0.05, 0) is 30.2 Å². The van der Waals surface area contributed by atoms with Gasteiger partial charge in [0, 0.05) is 0 Å². The molecule has 1 unspecified atom stereocenters. The Morgan fingerprint density at radius 2 is 1.62 bits per heavy atom. The van der Waals surface area contributed by atoms with Crippen LogP contribution < -0.4 is 15.0 Å². The third-order valence-corrected chi connectivity index (χ3v) is 4.96. The van der Waals surface area contributed by atoms with Crippen LogP contribution in [0.3, 0.4) is 0 Å². The molecule has 1 heterocycles. The first-order valence-electron chi connectivity index (χ1n) is 9.55. The smallest absolute Gasteiger partial charge is 0.265 e. The molecule has 0 saturated carbocycles. The summed E-state index contributed by atoms with van der Waals surface area (Å²) in [5.74, 6) is 0.146. The molecular formula is C24H22N2O3. The lowest BCUT2D eigenvalue weighted by Gasteiger charge is -2.29. The van der Waals surface area contributed by atoms with Crippen LogP contribution in [0.1, 0.15) is 22.7 Å². The van der Waals surface area contributed by atoms with E-state index in [2.05, 4.69) is 5.32 Å². The fourth-order valence-corrected chi connectivity index (χ4v) is 3.44. The summed E-state index contributed by atoms with van der Waals surface area (Å²) in [4.78, 5) is 26.8. The highest BCUT2D eigenvalue weighted by molar-refractivity contribution is 6.02. The molecule has 29 heavy (non-hydrogen) atoms. The van der Waals surface area contributed by atoms with Crippen molar-refractivity contribution in [2.45, 2.75) is 13.0 Å². The molecule has 4 rings (SSSR count). The molecule has 1 N–H and O–H groups in total. The predicted molar refractivity (Wildman–Crippen MR) is 112 cm³/mol. The van der Waals surface area contributed by atoms with Gasteiger partial charge in [-0.3, -0.25) is 14.5 Å². The van der Waals surface area contributed by atoms with Crippen LogP contribution in [0.15, 0.2) is 78.9 Å². The van der Waals surface area contributed by atoms with Crippen molar-refractivity contribution in [3.05, 3.63) is 95.6 Å². The van der Waals surface area contributed by atoms with Crippen LogP contribution in [0.25, 0.3) is 0 Å². The van der Waals surface area contributed by atoms with E-state index in [9.17, 15) is 9.59 Å². The fourth-order valence-electron chi connectivity index (χ4n) is 3.44. The fraction of sp³-hybridized carbons (Fsp3) is 0.167. The van der Waals surface area contributed by atoms with E-state index in [1.165, 1.54) is 4.90 Å². The summed E-state index contributed by atoms with van der Waals surface area (Å²) < 4.78 is 5.46. The van der Waals surface area contributed by atoms with E-state index in [-0.39, 0.29) is 31.0 Å². The molecule has 0 aliphatic carbocycles. The van der Waals surface area contributed by atoms with Gasteiger partial charge in [0.1, 0.15) is 12.3 Å². The first-order chi connectivity index (χ1) is 14.1. The topological polar surface area (TPSA) is 58.6 Å². The van der Waals surface area contributed by atoms with Crippen molar-refractivity contribution in [3.8, 4) is 5.75 Å². The summed E-state index contributed by atoms with van der Waals surface area (Å²) in [6.07, 6.45) is 0. The number of carbonyl (C=O) groups is 2. The van der Waals surface area contributed by atoms with Gasteiger partial charge in [0.05, 0.1) is 11.7 Å². The van der Waals surface area contributed by atoms with Crippen molar-refractivity contribution >= 4 is 17.5 Å². The summed E-state index contributed by atoms with van der Waals surface area (Å²) in [7, 11) is 0. The Bertz CT molecular complexity index is 1020. The molecule has 0 spiro atoms. The Hall–Kier alpha value is -3.60. The number of carbonyl (C=O) groups excluding carboxylic acids is 2. The standard InChI is InChI=1S/C24H22N2O3/c1-17-11-13-19(14-12-17)24(18-7-3-2-4-8-18)25-22(27)15-26-20-9-5-6-10-21(20)29-16-23(26)28/h2-14,24H,15-16H2,1H3,(H,25,27). The number of nitrogens with zero attached hydrogens (tertiary/aromatic N) is 1. The zero-order valence-electron chi connectivity index (χ0n) is 16.2. The molecule has 5 nitrogen and oxygen atoms in total. The monoisotopic (exact) mass is 386 g/mol. The average molecular weight is 386 g/mol. The predicted octanol–water partition coefficient (Wildman–Crippen LogP) is 3.63. The minimum absolute atomic E-state index is 0.0611. The molecule has 5 heteroatoms. The zero-order chi connectivity index (χ0) is 20.2. The molecule has 1 atom stereocenters. The third kappa shape index (κ3) is 4.14. The number of rotatable bonds is 5. The van der Waals surface area contributed by atoms with Crippen molar-refractivity contribution in [2.24, 2.45) is 0 Å². The maximum Gasteiger partial charge on any atom is 0.265 e. The summed E-state index contributed by atoms with van der Waals surface area (Å²) in [5.41, 5.74) is 3.75. The van der Waals surface area contributed by atoms with E-state index in [1.54, 1.807) is 12.1 Å². The summed E-state index contributed by atoms with van der Waals surface area (Å²) in [6, 6.07) is 24.9. The van der Waals surface area contributed by atoms with Crippen LogP contribution >= 0.6 is 0 Å². The molecule has 1 aliphatic rings. The minimum atomic E-state index is -0.296. The summed E-state index contributed by atoms with van der Waals surface area (Å²) in [5, 5.41) is 3.09. The molecule has 0 aromatic heterocycles. The van der Waals surface area contributed by atoms with Gasteiger partial charge in [-0.25, -0.2) is 0 Å². The van der Waals surface area contributed by atoms with E-state index in [0.29, 0.717) is 11.4 Å². The molecule has 3 aromatic rings. The van der Waals surface area contributed by atoms with Crippen LogP contribution in [-0.2, 0) is 9.59 Å². The Labute approximate surface area is 169 Å². The quantitative estimate of drug-likeness (QED) is 0.729. The van der Waals surface area contributed by atoms with Crippen molar-refractivity contribution in [3.63, 3.8) is 0 Å². The van der Waals surface area contributed by atoms with E-state index in [4.69, 9.17) is 4.74 Å². The molecule has 0 bridgehead atoms. The highest BCUT2D eigenvalue weighted by Gasteiger charge is 2.28. The Kier molecular flexibility index (Phi) is 5.29. The third-order valence-electron chi connectivity index (χ3n) is 4.96. The second kappa shape index (κ2) is 8.19. The lowest BCUT2D eigenvalue weighted by molar-refractivity contribution is -0.125. The van der Waals surface area contributed by atoms with E-state index < -0.39 is 0 Å². The van der Waals surface area contributed by atoms with Crippen molar-refractivity contribution in [1.29, 1.82) is 0 Å². The van der Waals surface area contributed by atoms with Gasteiger partial charge in [-0.15, -0.1) is 0 Å². The van der Waals surface area contributed by atoms with E-state index in [0.717, 1.165) is 16.7 Å². The van der Waals surface area contributed by atoms with Gasteiger partial charge in [-0.2, -0.15) is 0 Å². The number of aryl methyl sites for hydroxylation is 1. The normalized spacial score (nSPS) is 14.0. The number of hydrogen-bond donors (Lipinski definition) is 1. The molecule has 0 saturated heterocycles. The summed E-state index contributed by atoms with van der Waals surface area (Å²) >= 11 is 0. The summed E-state index contributed by atoms with van der Waals surface area (Å²) in [6.45, 7) is 1.90. The van der Waals surface area contributed by atoms with Gasteiger partial charge >= 0.3 is 0 Å². The highest BCUT2D eigenvalue weighted by atomic mass is 16.5. The second-order valence-electron chi connectivity index (χ2n) is 7.06.